The van der Waals surface area contributed by atoms with Crippen molar-refractivity contribution >= 4 is 29.3 Å². The Labute approximate surface area is 179 Å². The van der Waals surface area contributed by atoms with Gasteiger partial charge in [0.05, 0.1) is 19.6 Å². The summed E-state index contributed by atoms with van der Waals surface area (Å²) in [5.41, 5.74) is 1.45. The molecule has 0 fully saturated rings. The highest BCUT2D eigenvalue weighted by Gasteiger charge is 2.17. The molecular formula is C22H22N4O3S. The first-order valence-corrected chi connectivity index (χ1v) is 10.1. The van der Waals surface area contributed by atoms with E-state index in [0.717, 1.165) is 15.6 Å². The lowest BCUT2D eigenvalue weighted by Gasteiger charge is -2.18. The van der Waals surface area contributed by atoms with Gasteiger partial charge < -0.3 is 15.4 Å². The number of aromatic nitrogens is 2. The molecule has 3 rings (SSSR count). The van der Waals surface area contributed by atoms with E-state index in [2.05, 4.69) is 20.6 Å². The van der Waals surface area contributed by atoms with Gasteiger partial charge in [0.2, 0.25) is 11.8 Å². The topological polar surface area (TPSA) is 93.2 Å². The second kappa shape index (κ2) is 10.4. The van der Waals surface area contributed by atoms with Crippen LogP contribution in [-0.2, 0) is 9.59 Å². The Morgan fingerprint density at radius 1 is 1.03 bits per heavy atom. The van der Waals surface area contributed by atoms with Crippen LogP contribution in [0.5, 0.6) is 5.75 Å². The minimum absolute atomic E-state index is 0.0942. The molecule has 0 bridgehead atoms. The molecule has 0 aliphatic carbocycles. The van der Waals surface area contributed by atoms with E-state index in [-0.39, 0.29) is 18.2 Å². The van der Waals surface area contributed by atoms with Crippen LogP contribution in [0.2, 0.25) is 0 Å². The molecule has 1 aromatic carbocycles. The number of ether oxygens (including phenoxy) is 1. The lowest BCUT2D eigenvalue weighted by Crippen LogP contribution is -2.29. The largest absolute Gasteiger partial charge is 0.497 e. The smallest absolute Gasteiger partial charge is 0.226 e. The number of nitrogens with one attached hydrogen (secondary N) is 2. The summed E-state index contributed by atoms with van der Waals surface area (Å²) in [6.45, 7) is 1.43. The van der Waals surface area contributed by atoms with Crippen molar-refractivity contribution in [3.63, 3.8) is 0 Å². The average molecular weight is 423 g/mol. The van der Waals surface area contributed by atoms with Crippen LogP contribution in [0, 0.1) is 0 Å². The van der Waals surface area contributed by atoms with Gasteiger partial charge in [-0.25, -0.2) is 9.97 Å². The number of carbonyl (C=O) groups is 2. The number of anilines is 1. The molecule has 0 saturated carbocycles. The van der Waals surface area contributed by atoms with Gasteiger partial charge in [-0.3, -0.25) is 9.59 Å². The maximum absolute atomic E-state index is 12.6. The van der Waals surface area contributed by atoms with Crippen molar-refractivity contribution in [3.05, 3.63) is 72.6 Å². The van der Waals surface area contributed by atoms with Crippen LogP contribution in [-0.4, -0.2) is 28.9 Å². The van der Waals surface area contributed by atoms with Crippen LogP contribution < -0.4 is 15.4 Å². The average Bonchev–Trinajstić information content (AvgIpc) is 2.74. The Bertz CT molecular complexity index is 997. The summed E-state index contributed by atoms with van der Waals surface area (Å²) in [5.74, 6) is 0.283. The van der Waals surface area contributed by atoms with E-state index in [1.54, 1.807) is 43.8 Å². The fourth-order valence-electron chi connectivity index (χ4n) is 2.79. The number of benzene rings is 1. The number of nitrogens with zero attached hydrogens (tertiary/aromatic N) is 2. The molecule has 0 aliphatic heterocycles. The molecule has 0 aliphatic rings. The van der Waals surface area contributed by atoms with Crippen LogP contribution in [0.1, 0.15) is 24.9 Å². The van der Waals surface area contributed by atoms with E-state index in [1.807, 2.05) is 30.3 Å². The van der Waals surface area contributed by atoms with Gasteiger partial charge in [-0.05, 0) is 42.0 Å². The second-order valence-corrected chi connectivity index (χ2v) is 7.47. The van der Waals surface area contributed by atoms with Gasteiger partial charge in [-0.15, -0.1) is 0 Å². The Morgan fingerprint density at radius 2 is 1.80 bits per heavy atom. The molecular weight excluding hydrogens is 400 g/mol. The molecule has 2 N–H and O–H groups in total. The van der Waals surface area contributed by atoms with Crippen LogP contribution in [0.4, 0.5) is 5.69 Å². The van der Waals surface area contributed by atoms with Crippen molar-refractivity contribution in [1.29, 1.82) is 0 Å². The Morgan fingerprint density at radius 3 is 2.47 bits per heavy atom. The zero-order valence-electron chi connectivity index (χ0n) is 16.7. The summed E-state index contributed by atoms with van der Waals surface area (Å²) in [7, 11) is 1.59. The van der Waals surface area contributed by atoms with Crippen molar-refractivity contribution in [2.75, 3.05) is 12.4 Å². The standard InChI is InChI=1S/C22H22N4O3S/c1-15(27)25-19(16-6-8-18(29-2)9-7-16)14-20(28)26-17-10-12-24-22(13-17)30-21-5-3-4-11-23-21/h3-13,19H,14H2,1-2H3,(H,25,27)(H,24,26,28). The first kappa shape index (κ1) is 21.3. The highest BCUT2D eigenvalue weighted by atomic mass is 32.2. The van der Waals surface area contributed by atoms with Crippen molar-refractivity contribution < 1.29 is 14.3 Å². The third-order valence-electron chi connectivity index (χ3n) is 4.15. The number of rotatable bonds is 8. The Balaban J connectivity index is 1.67. The van der Waals surface area contributed by atoms with Crippen LogP contribution in [0.15, 0.2) is 77.0 Å². The molecule has 7 nitrogen and oxygen atoms in total. The fourth-order valence-corrected chi connectivity index (χ4v) is 3.56. The molecule has 0 radical (unpaired) electrons. The van der Waals surface area contributed by atoms with Gasteiger partial charge in [0.15, 0.2) is 0 Å². The first-order valence-electron chi connectivity index (χ1n) is 9.29. The van der Waals surface area contributed by atoms with E-state index in [4.69, 9.17) is 4.74 Å². The molecule has 1 unspecified atom stereocenters. The fraction of sp³-hybridized carbons (Fsp3) is 0.182. The number of hydrogen-bond acceptors (Lipinski definition) is 6. The maximum Gasteiger partial charge on any atom is 0.226 e. The third-order valence-corrected chi connectivity index (χ3v) is 5.03. The lowest BCUT2D eigenvalue weighted by molar-refractivity contribution is -0.120. The van der Waals surface area contributed by atoms with E-state index in [9.17, 15) is 9.59 Å². The normalized spacial score (nSPS) is 11.4. The second-order valence-electron chi connectivity index (χ2n) is 6.43. The van der Waals surface area contributed by atoms with Crippen LogP contribution >= 0.6 is 11.8 Å². The monoisotopic (exact) mass is 422 g/mol. The van der Waals surface area contributed by atoms with Crippen molar-refractivity contribution in [2.45, 2.75) is 29.4 Å². The predicted molar refractivity (Wildman–Crippen MR) is 115 cm³/mol. The van der Waals surface area contributed by atoms with E-state index in [0.29, 0.717) is 11.4 Å². The maximum atomic E-state index is 12.6. The molecule has 0 spiro atoms. The van der Waals surface area contributed by atoms with Gasteiger partial charge in [-0.1, -0.05) is 30.0 Å². The molecule has 30 heavy (non-hydrogen) atoms. The Kier molecular flexibility index (Phi) is 7.40. The molecule has 1 atom stereocenters. The molecule has 3 aromatic rings. The summed E-state index contributed by atoms with van der Waals surface area (Å²) in [6, 6.07) is 16.0. The van der Waals surface area contributed by atoms with Gasteiger partial charge >= 0.3 is 0 Å². The van der Waals surface area contributed by atoms with Gasteiger partial charge in [0.25, 0.3) is 0 Å². The van der Waals surface area contributed by atoms with Gasteiger partial charge in [0.1, 0.15) is 15.8 Å². The minimum Gasteiger partial charge on any atom is -0.497 e. The highest BCUT2D eigenvalue weighted by Crippen LogP contribution is 2.26. The lowest BCUT2D eigenvalue weighted by atomic mass is 10.0. The summed E-state index contributed by atoms with van der Waals surface area (Å²) >= 11 is 1.41. The number of amides is 2. The highest BCUT2D eigenvalue weighted by molar-refractivity contribution is 7.99. The predicted octanol–water partition coefficient (Wildman–Crippen LogP) is 3.84. The summed E-state index contributed by atoms with van der Waals surface area (Å²) in [4.78, 5) is 32.8. The Hall–Kier alpha value is -3.39. The zero-order valence-corrected chi connectivity index (χ0v) is 17.5. The minimum atomic E-state index is -0.447. The van der Waals surface area contributed by atoms with E-state index in [1.165, 1.54) is 18.7 Å². The number of carbonyl (C=O) groups excluding carboxylic acids is 2. The molecule has 2 amide bonds. The van der Waals surface area contributed by atoms with Crippen molar-refractivity contribution in [1.82, 2.24) is 15.3 Å². The molecule has 0 saturated heterocycles. The third kappa shape index (κ3) is 6.31. The zero-order chi connectivity index (χ0) is 21.3. The summed E-state index contributed by atoms with van der Waals surface area (Å²) in [6.07, 6.45) is 3.45. The summed E-state index contributed by atoms with van der Waals surface area (Å²) in [5, 5.41) is 7.25. The van der Waals surface area contributed by atoms with Gasteiger partial charge in [0, 0.05) is 25.0 Å². The molecule has 8 heteroatoms. The van der Waals surface area contributed by atoms with Crippen molar-refractivity contribution in [3.8, 4) is 5.75 Å². The SMILES string of the molecule is COc1ccc(C(CC(=O)Nc2ccnc(Sc3ccccn3)c2)NC(C)=O)cc1. The first-order chi connectivity index (χ1) is 14.5. The van der Waals surface area contributed by atoms with Crippen LogP contribution in [0.3, 0.4) is 0 Å². The van der Waals surface area contributed by atoms with Crippen LogP contribution in [0.25, 0.3) is 0 Å². The van der Waals surface area contributed by atoms with E-state index < -0.39 is 6.04 Å². The molecule has 2 aromatic heterocycles. The van der Waals surface area contributed by atoms with Gasteiger partial charge in [-0.2, -0.15) is 0 Å². The summed E-state index contributed by atoms with van der Waals surface area (Å²) < 4.78 is 5.16. The molecule has 154 valence electrons. The van der Waals surface area contributed by atoms with Crippen molar-refractivity contribution in [2.24, 2.45) is 0 Å². The quantitative estimate of drug-likeness (QED) is 0.573. The number of pyridine rings is 2. The molecule has 2 heterocycles. The number of methoxy groups -OCH3 is 1. The van der Waals surface area contributed by atoms with E-state index >= 15 is 0 Å². The number of hydrogen-bond donors (Lipinski definition) is 2.